The SMILES string of the molecule is COc1cc(N)c(Cl)cc1C(=O)NC[C@@H]1CN(CCCC(=O)OC2CN3CCC2CC3)CCO1. The van der Waals surface area contributed by atoms with Crippen LogP contribution < -0.4 is 15.8 Å². The summed E-state index contributed by atoms with van der Waals surface area (Å²) in [5, 5.41) is 3.20. The van der Waals surface area contributed by atoms with Crippen LogP contribution in [0.2, 0.25) is 5.02 Å². The number of hydrogen-bond acceptors (Lipinski definition) is 8. The number of ether oxygens (including phenoxy) is 3. The minimum absolute atomic E-state index is 0.0703. The number of amides is 1. The van der Waals surface area contributed by atoms with Gasteiger partial charge in [-0.05, 0) is 50.9 Å². The molecule has 4 saturated heterocycles. The maximum atomic E-state index is 12.7. The van der Waals surface area contributed by atoms with Crippen molar-refractivity contribution in [1.82, 2.24) is 15.1 Å². The number of nitrogens with one attached hydrogen (secondary N) is 1. The van der Waals surface area contributed by atoms with Gasteiger partial charge in [0.05, 0.1) is 36.1 Å². The van der Waals surface area contributed by atoms with Gasteiger partial charge in [-0.3, -0.25) is 19.4 Å². The topological polar surface area (TPSA) is 106 Å². The average molecular weight is 495 g/mol. The number of nitrogens with two attached hydrogens (primary N) is 1. The Hall–Kier alpha value is -2.07. The summed E-state index contributed by atoms with van der Waals surface area (Å²) >= 11 is 6.07. The summed E-state index contributed by atoms with van der Waals surface area (Å²) < 4.78 is 16.9. The highest BCUT2D eigenvalue weighted by molar-refractivity contribution is 6.33. The predicted octanol–water partition coefficient (Wildman–Crippen LogP) is 1.78. The van der Waals surface area contributed by atoms with Gasteiger partial charge in [0, 0.05) is 38.7 Å². The van der Waals surface area contributed by atoms with Gasteiger partial charge in [0.15, 0.2) is 0 Å². The van der Waals surface area contributed by atoms with Crippen molar-refractivity contribution in [3.8, 4) is 5.75 Å². The zero-order valence-corrected chi connectivity index (χ0v) is 20.5. The van der Waals surface area contributed by atoms with E-state index in [1.54, 1.807) is 0 Å². The molecule has 0 spiro atoms. The number of halogens is 1. The van der Waals surface area contributed by atoms with Crippen molar-refractivity contribution in [3.05, 3.63) is 22.7 Å². The quantitative estimate of drug-likeness (QED) is 0.395. The van der Waals surface area contributed by atoms with Crippen LogP contribution in [-0.4, -0.2) is 93.4 Å². The number of carbonyl (C=O) groups excluding carboxylic acids is 2. The summed E-state index contributed by atoms with van der Waals surface area (Å²) in [5.41, 5.74) is 6.48. The Morgan fingerprint density at radius 3 is 2.74 bits per heavy atom. The summed E-state index contributed by atoms with van der Waals surface area (Å²) in [5.74, 6) is 0.519. The summed E-state index contributed by atoms with van der Waals surface area (Å²) in [7, 11) is 1.48. The van der Waals surface area contributed by atoms with E-state index in [1.165, 1.54) is 19.2 Å². The largest absolute Gasteiger partial charge is 0.496 e. The lowest BCUT2D eigenvalue weighted by atomic mass is 9.86. The van der Waals surface area contributed by atoms with E-state index in [-0.39, 0.29) is 24.1 Å². The van der Waals surface area contributed by atoms with Gasteiger partial charge in [-0.15, -0.1) is 0 Å². The van der Waals surface area contributed by atoms with Crippen LogP contribution in [0, 0.1) is 5.92 Å². The number of methoxy groups -OCH3 is 1. The number of benzene rings is 1. The highest BCUT2D eigenvalue weighted by atomic mass is 35.5. The molecule has 1 unspecified atom stereocenters. The molecule has 5 rings (SSSR count). The molecule has 9 nitrogen and oxygen atoms in total. The van der Waals surface area contributed by atoms with E-state index in [0.29, 0.717) is 54.1 Å². The number of nitrogen functional groups attached to an aromatic ring is 1. The maximum absolute atomic E-state index is 12.7. The van der Waals surface area contributed by atoms with E-state index < -0.39 is 0 Å². The van der Waals surface area contributed by atoms with Crippen molar-refractivity contribution in [1.29, 1.82) is 0 Å². The molecule has 0 aliphatic carbocycles. The van der Waals surface area contributed by atoms with E-state index in [2.05, 4.69) is 15.1 Å². The second-order valence-electron chi connectivity index (χ2n) is 9.35. The molecule has 1 aromatic carbocycles. The number of piperidine rings is 3. The first-order valence-electron chi connectivity index (χ1n) is 12.1. The first-order chi connectivity index (χ1) is 16.4. The molecule has 1 amide bonds. The lowest BCUT2D eigenvalue weighted by molar-refractivity contribution is -0.159. The van der Waals surface area contributed by atoms with Gasteiger partial charge in [-0.2, -0.15) is 0 Å². The standard InChI is InChI=1S/C24H35ClN4O5/c1-32-21-12-20(26)19(25)11-18(21)24(31)27-13-17-14-28(9-10-33-17)6-2-3-23(30)34-22-15-29-7-4-16(22)5-8-29/h11-12,16-17,22H,2-10,13-15,26H2,1H3,(H,27,31)/t17-,22?/m1/s1. The van der Waals surface area contributed by atoms with Gasteiger partial charge in [0.25, 0.3) is 5.91 Å². The third-order valence-electron chi connectivity index (χ3n) is 7.01. The molecule has 3 N–H and O–H groups in total. The van der Waals surface area contributed by atoms with Gasteiger partial charge < -0.3 is 25.3 Å². The number of carbonyl (C=O) groups is 2. The zero-order valence-electron chi connectivity index (χ0n) is 19.8. The van der Waals surface area contributed by atoms with E-state index in [0.717, 1.165) is 52.0 Å². The first kappa shape index (κ1) is 25.0. The molecule has 1 aromatic rings. The molecule has 4 heterocycles. The highest BCUT2D eigenvalue weighted by Gasteiger charge is 2.36. The van der Waals surface area contributed by atoms with Crippen molar-refractivity contribution in [3.63, 3.8) is 0 Å². The molecule has 10 heteroatoms. The summed E-state index contributed by atoms with van der Waals surface area (Å²) in [4.78, 5) is 29.7. The summed E-state index contributed by atoms with van der Waals surface area (Å²) in [6.45, 7) is 6.41. The molecule has 0 aromatic heterocycles. The van der Waals surface area contributed by atoms with Crippen molar-refractivity contribution in [2.45, 2.75) is 37.9 Å². The molecule has 2 bridgehead atoms. The predicted molar refractivity (Wildman–Crippen MR) is 129 cm³/mol. The average Bonchev–Trinajstić information content (AvgIpc) is 2.85. The number of anilines is 1. The second kappa shape index (κ2) is 11.6. The Balaban J connectivity index is 1.17. The molecule has 2 atom stereocenters. The fourth-order valence-electron chi connectivity index (χ4n) is 5.04. The molecule has 4 aliphatic rings. The van der Waals surface area contributed by atoms with Crippen LogP contribution in [0.5, 0.6) is 5.75 Å². The van der Waals surface area contributed by atoms with E-state index in [1.807, 2.05) is 0 Å². The van der Waals surface area contributed by atoms with Crippen molar-refractivity contribution in [2.24, 2.45) is 5.92 Å². The van der Waals surface area contributed by atoms with Crippen LogP contribution in [0.4, 0.5) is 5.69 Å². The number of esters is 1. The normalized spacial score (nSPS) is 26.8. The van der Waals surface area contributed by atoms with E-state index in [9.17, 15) is 9.59 Å². The van der Waals surface area contributed by atoms with Gasteiger partial charge >= 0.3 is 5.97 Å². The fourth-order valence-corrected chi connectivity index (χ4v) is 5.21. The third-order valence-corrected chi connectivity index (χ3v) is 7.34. The maximum Gasteiger partial charge on any atom is 0.306 e. The van der Waals surface area contributed by atoms with Crippen LogP contribution in [0.25, 0.3) is 0 Å². The van der Waals surface area contributed by atoms with Crippen LogP contribution in [-0.2, 0) is 14.3 Å². The third kappa shape index (κ3) is 6.33. The first-order valence-corrected chi connectivity index (χ1v) is 12.5. The second-order valence-corrected chi connectivity index (χ2v) is 9.75. The van der Waals surface area contributed by atoms with Gasteiger partial charge in [-0.25, -0.2) is 0 Å². The summed E-state index contributed by atoms with van der Waals surface area (Å²) in [6.07, 6.45) is 3.40. The summed E-state index contributed by atoms with van der Waals surface area (Å²) in [6, 6.07) is 3.05. The molecule has 4 fully saturated rings. The number of rotatable bonds is 9. The van der Waals surface area contributed by atoms with Crippen LogP contribution in [0.3, 0.4) is 0 Å². The van der Waals surface area contributed by atoms with Gasteiger partial charge in [0.1, 0.15) is 11.9 Å². The van der Waals surface area contributed by atoms with E-state index in [4.69, 9.17) is 31.5 Å². The smallest absolute Gasteiger partial charge is 0.306 e. The van der Waals surface area contributed by atoms with Crippen molar-refractivity contribution in [2.75, 3.05) is 65.3 Å². The molecule has 0 saturated carbocycles. The van der Waals surface area contributed by atoms with Crippen LogP contribution in [0.1, 0.15) is 36.0 Å². The van der Waals surface area contributed by atoms with Crippen molar-refractivity contribution >= 4 is 29.2 Å². The molecule has 34 heavy (non-hydrogen) atoms. The zero-order chi connectivity index (χ0) is 24.1. The molecule has 4 aliphatic heterocycles. The Labute approximate surface area is 205 Å². The van der Waals surface area contributed by atoms with Crippen molar-refractivity contribution < 1.29 is 23.8 Å². The van der Waals surface area contributed by atoms with Gasteiger partial charge in [0.2, 0.25) is 0 Å². The lowest BCUT2D eigenvalue weighted by Crippen LogP contribution is -2.52. The number of morpholine rings is 1. The lowest BCUT2D eigenvalue weighted by Gasteiger charge is -2.43. The highest BCUT2D eigenvalue weighted by Crippen LogP contribution is 2.30. The van der Waals surface area contributed by atoms with Gasteiger partial charge in [-0.1, -0.05) is 11.6 Å². The van der Waals surface area contributed by atoms with Crippen LogP contribution >= 0.6 is 11.6 Å². The fraction of sp³-hybridized carbons (Fsp3) is 0.667. The minimum atomic E-state index is -0.296. The van der Waals surface area contributed by atoms with Crippen LogP contribution in [0.15, 0.2) is 12.1 Å². The number of hydrogen-bond donors (Lipinski definition) is 2. The Kier molecular flexibility index (Phi) is 8.52. The monoisotopic (exact) mass is 494 g/mol. The molecule has 188 valence electrons. The Morgan fingerprint density at radius 1 is 1.24 bits per heavy atom. The van der Waals surface area contributed by atoms with E-state index >= 15 is 0 Å². The Bertz CT molecular complexity index is 877. The molecular weight excluding hydrogens is 460 g/mol. The molecular formula is C24H35ClN4O5. The number of fused-ring (bicyclic) bond motifs is 3. The molecule has 0 radical (unpaired) electrons. The number of nitrogens with zero attached hydrogens (tertiary/aromatic N) is 2. The minimum Gasteiger partial charge on any atom is -0.496 e. The Morgan fingerprint density at radius 2 is 2.03 bits per heavy atom.